The van der Waals surface area contributed by atoms with E-state index in [1.807, 2.05) is 0 Å². The molecule has 204 valence electrons. The topological polar surface area (TPSA) is 133 Å². The van der Waals surface area contributed by atoms with Crippen LogP contribution in [0.5, 0.6) is 0 Å². The van der Waals surface area contributed by atoms with Gasteiger partial charge in [-0.25, -0.2) is 4.79 Å². The van der Waals surface area contributed by atoms with Crippen molar-refractivity contribution >= 4 is 52.3 Å². The molecule has 0 spiro atoms. The predicted octanol–water partition coefficient (Wildman–Crippen LogP) is 6.33. The third kappa shape index (κ3) is 6.85. The Hall–Kier alpha value is -4.67. The Morgan fingerprint density at radius 2 is 1.62 bits per heavy atom. The van der Waals surface area contributed by atoms with Gasteiger partial charge in [-0.2, -0.15) is 0 Å². The highest BCUT2D eigenvalue weighted by molar-refractivity contribution is 6.31. The largest absolute Gasteiger partial charge is 0.453 e. The number of hydrogen-bond acceptors (Lipinski definition) is 6. The molecule has 1 aromatic heterocycles. The lowest BCUT2D eigenvalue weighted by molar-refractivity contribution is -0.384. The van der Waals surface area contributed by atoms with Crippen LogP contribution in [0.15, 0.2) is 89.9 Å². The molecular weight excluding hydrogens is 559 g/mol. The standard InChI is InChI=1S/C28H22Cl2N4O6/c1-40-28(37)32-22-4-2-3-21(16-22)31-27(36)25(13-17-5-7-19(29)8-6-17)33-12-11-18(14-26(33)35)23-15-20(30)9-10-24(23)34(38)39/h2-12,14-16,25H,13H2,1H3,(H,31,36)(H,32,37). The summed E-state index contributed by atoms with van der Waals surface area (Å²) in [5.41, 5.74) is 1.20. The van der Waals surface area contributed by atoms with Crippen molar-refractivity contribution < 1.29 is 19.2 Å². The SMILES string of the molecule is COC(=O)Nc1cccc(NC(=O)C(Cc2ccc(Cl)cc2)n2ccc(-c3cc(Cl)ccc3[N+](=O)[O-])cc2=O)c1. The van der Waals surface area contributed by atoms with Gasteiger partial charge in [0.15, 0.2) is 0 Å². The van der Waals surface area contributed by atoms with Crippen LogP contribution < -0.4 is 16.2 Å². The molecule has 0 saturated heterocycles. The van der Waals surface area contributed by atoms with E-state index in [4.69, 9.17) is 23.2 Å². The minimum Gasteiger partial charge on any atom is -0.453 e. The number of benzene rings is 3. The molecule has 2 amide bonds. The molecule has 0 saturated carbocycles. The number of rotatable bonds is 8. The fourth-order valence-electron chi connectivity index (χ4n) is 4.04. The normalized spacial score (nSPS) is 11.4. The lowest BCUT2D eigenvalue weighted by atomic mass is 10.0. The summed E-state index contributed by atoms with van der Waals surface area (Å²) in [5, 5.41) is 17.6. The molecule has 0 bridgehead atoms. The number of hydrogen-bond donors (Lipinski definition) is 2. The molecule has 10 nitrogen and oxygen atoms in total. The summed E-state index contributed by atoms with van der Waals surface area (Å²) in [6, 6.07) is 19.1. The fraction of sp³-hybridized carbons (Fsp3) is 0.107. The van der Waals surface area contributed by atoms with E-state index >= 15 is 0 Å². The van der Waals surface area contributed by atoms with Gasteiger partial charge >= 0.3 is 6.09 Å². The second kappa shape index (κ2) is 12.5. The van der Waals surface area contributed by atoms with E-state index in [0.717, 1.165) is 5.56 Å². The second-order valence-electron chi connectivity index (χ2n) is 8.61. The zero-order chi connectivity index (χ0) is 28.8. The van der Waals surface area contributed by atoms with Crippen LogP contribution in [-0.4, -0.2) is 28.6 Å². The van der Waals surface area contributed by atoms with Gasteiger partial charge in [-0.3, -0.25) is 25.0 Å². The van der Waals surface area contributed by atoms with Gasteiger partial charge in [0, 0.05) is 46.2 Å². The molecule has 0 radical (unpaired) electrons. The predicted molar refractivity (Wildman–Crippen MR) is 153 cm³/mol. The first-order valence-corrected chi connectivity index (χ1v) is 12.6. The Balaban J connectivity index is 1.70. The van der Waals surface area contributed by atoms with Crippen molar-refractivity contribution in [3.8, 4) is 11.1 Å². The number of carbonyl (C=O) groups is 2. The van der Waals surface area contributed by atoms with Gasteiger partial charge < -0.3 is 14.6 Å². The van der Waals surface area contributed by atoms with Crippen molar-refractivity contribution in [2.45, 2.75) is 12.5 Å². The number of ether oxygens (including phenoxy) is 1. The van der Waals surface area contributed by atoms with E-state index in [2.05, 4.69) is 15.4 Å². The molecule has 0 aliphatic heterocycles. The van der Waals surface area contributed by atoms with Crippen molar-refractivity contribution in [1.29, 1.82) is 0 Å². The van der Waals surface area contributed by atoms with Gasteiger partial charge in [0.2, 0.25) is 5.91 Å². The van der Waals surface area contributed by atoms with Crippen LogP contribution >= 0.6 is 23.2 Å². The number of nitro groups is 1. The number of amides is 2. The van der Waals surface area contributed by atoms with Crippen LogP contribution in [-0.2, 0) is 16.0 Å². The lowest BCUT2D eigenvalue weighted by Crippen LogP contribution is -2.34. The molecule has 1 unspecified atom stereocenters. The number of anilines is 2. The minimum atomic E-state index is -1.01. The number of nitro benzene ring substituents is 1. The van der Waals surface area contributed by atoms with E-state index in [9.17, 15) is 24.5 Å². The maximum absolute atomic E-state index is 13.6. The van der Waals surface area contributed by atoms with Gasteiger partial charge in [-0.05, 0) is 59.7 Å². The van der Waals surface area contributed by atoms with Crippen molar-refractivity contribution in [3.05, 3.63) is 121 Å². The van der Waals surface area contributed by atoms with Crippen molar-refractivity contribution in [2.75, 3.05) is 17.7 Å². The number of halogens is 2. The highest BCUT2D eigenvalue weighted by Crippen LogP contribution is 2.32. The summed E-state index contributed by atoms with van der Waals surface area (Å²) in [7, 11) is 1.23. The van der Waals surface area contributed by atoms with Crippen LogP contribution in [0.25, 0.3) is 11.1 Å². The van der Waals surface area contributed by atoms with Gasteiger partial charge in [0.05, 0.1) is 17.6 Å². The second-order valence-corrected chi connectivity index (χ2v) is 9.49. The van der Waals surface area contributed by atoms with E-state index in [-0.39, 0.29) is 28.3 Å². The van der Waals surface area contributed by atoms with Crippen molar-refractivity contribution in [3.63, 3.8) is 0 Å². The first-order chi connectivity index (χ1) is 19.1. The average Bonchev–Trinajstić information content (AvgIpc) is 2.92. The number of nitrogens with one attached hydrogen (secondary N) is 2. The number of nitrogens with zero attached hydrogens (tertiary/aromatic N) is 2. The summed E-state index contributed by atoms with van der Waals surface area (Å²) < 4.78 is 5.85. The molecule has 1 heterocycles. The first-order valence-electron chi connectivity index (χ1n) is 11.8. The molecule has 3 aromatic carbocycles. The smallest absolute Gasteiger partial charge is 0.411 e. The van der Waals surface area contributed by atoms with Crippen LogP contribution in [0, 0.1) is 10.1 Å². The summed E-state index contributed by atoms with van der Waals surface area (Å²) in [5.74, 6) is -0.506. The summed E-state index contributed by atoms with van der Waals surface area (Å²) in [4.78, 5) is 49.4. The average molecular weight is 581 g/mol. The van der Waals surface area contributed by atoms with Gasteiger partial charge in [0.25, 0.3) is 11.2 Å². The molecule has 0 fully saturated rings. The quantitative estimate of drug-likeness (QED) is 0.185. The summed E-state index contributed by atoms with van der Waals surface area (Å²) in [6.45, 7) is 0. The zero-order valence-corrected chi connectivity index (χ0v) is 22.5. The molecular formula is C28H22Cl2N4O6. The monoisotopic (exact) mass is 580 g/mol. The maximum Gasteiger partial charge on any atom is 0.411 e. The number of pyridine rings is 1. The Bertz CT molecular complexity index is 1640. The molecule has 4 aromatic rings. The van der Waals surface area contributed by atoms with Gasteiger partial charge in [-0.15, -0.1) is 0 Å². The van der Waals surface area contributed by atoms with Crippen LogP contribution in [0.2, 0.25) is 10.0 Å². The van der Waals surface area contributed by atoms with Crippen molar-refractivity contribution in [1.82, 2.24) is 4.57 Å². The molecule has 4 rings (SSSR count). The summed E-state index contributed by atoms with van der Waals surface area (Å²) >= 11 is 12.1. The summed E-state index contributed by atoms with van der Waals surface area (Å²) in [6.07, 6.45) is 0.882. The third-order valence-electron chi connectivity index (χ3n) is 5.96. The molecule has 1 atom stereocenters. The highest BCUT2D eigenvalue weighted by atomic mass is 35.5. The zero-order valence-electron chi connectivity index (χ0n) is 21.0. The van der Waals surface area contributed by atoms with Crippen molar-refractivity contribution in [2.24, 2.45) is 0 Å². The number of carbonyl (C=O) groups excluding carboxylic acids is 2. The first kappa shape index (κ1) is 28.3. The Labute approximate surface area is 238 Å². The van der Waals surface area contributed by atoms with E-state index in [0.29, 0.717) is 16.4 Å². The molecule has 2 N–H and O–H groups in total. The molecule has 0 aliphatic rings. The van der Waals surface area contributed by atoms with Crippen LogP contribution in [0.4, 0.5) is 21.9 Å². The van der Waals surface area contributed by atoms with Crippen LogP contribution in [0.1, 0.15) is 11.6 Å². The van der Waals surface area contributed by atoms with E-state index in [1.165, 1.54) is 54.3 Å². The van der Waals surface area contributed by atoms with Crippen LogP contribution in [0.3, 0.4) is 0 Å². The fourth-order valence-corrected chi connectivity index (χ4v) is 4.34. The lowest BCUT2D eigenvalue weighted by Gasteiger charge is -2.20. The highest BCUT2D eigenvalue weighted by Gasteiger charge is 2.24. The Kier molecular flexibility index (Phi) is 8.83. The molecule has 40 heavy (non-hydrogen) atoms. The third-order valence-corrected chi connectivity index (χ3v) is 6.44. The number of aromatic nitrogens is 1. The Morgan fingerprint density at radius 3 is 2.27 bits per heavy atom. The molecule has 0 aliphatic carbocycles. The minimum absolute atomic E-state index is 0.139. The molecule has 12 heteroatoms. The Morgan fingerprint density at radius 1 is 0.950 bits per heavy atom. The van der Waals surface area contributed by atoms with E-state index in [1.54, 1.807) is 42.5 Å². The van der Waals surface area contributed by atoms with Gasteiger partial charge in [-0.1, -0.05) is 41.4 Å². The van der Waals surface area contributed by atoms with E-state index < -0.39 is 28.5 Å². The maximum atomic E-state index is 13.6. The van der Waals surface area contributed by atoms with Gasteiger partial charge in [0.1, 0.15) is 6.04 Å². The number of methoxy groups -OCH3 is 1.